The number of aliphatic hydroxyl groups excluding tert-OH is 1. The number of pyridine rings is 1. The van der Waals surface area contributed by atoms with Crippen molar-refractivity contribution < 1.29 is 9.90 Å². The van der Waals surface area contributed by atoms with Crippen molar-refractivity contribution in [1.82, 2.24) is 9.61 Å². The lowest BCUT2D eigenvalue weighted by Crippen LogP contribution is -2.17. The van der Waals surface area contributed by atoms with Crippen LogP contribution in [0.1, 0.15) is 42.7 Å². The van der Waals surface area contributed by atoms with Gasteiger partial charge in [-0.1, -0.05) is 19.9 Å². The molecule has 2 heterocycles. The highest BCUT2D eigenvalue weighted by molar-refractivity contribution is 6.06. The summed E-state index contributed by atoms with van der Waals surface area (Å²) in [5.74, 6) is -0.123. The summed E-state index contributed by atoms with van der Waals surface area (Å²) in [5.41, 5.74) is 2.03. The molecule has 0 radical (unpaired) electrons. The van der Waals surface area contributed by atoms with Crippen LogP contribution in [0.5, 0.6) is 0 Å². The normalized spacial score (nSPS) is 13.2. The molecule has 0 saturated carbocycles. The van der Waals surface area contributed by atoms with Crippen LogP contribution in [-0.2, 0) is 0 Å². The third-order valence-electron chi connectivity index (χ3n) is 2.74. The van der Waals surface area contributed by atoms with Crippen LogP contribution >= 0.6 is 0 Å². The SMILES string of the molecule is CC(O)C(=O)c1c(C(C)C)nn2ccccc12. The molecule has 2 aromatic rings. The lowest BCUT2D eigenvalue weighted by molar-refractivity contribution is 0.0780. The first-order valence-electron chi connectivity index (χ1n) is 5.72. The fourth-order valence-corrected chi connectivity index (χ4v) is 1.88. The molecule has 0 aliphatic rings. The maximum Gasteiger partial charge on any atom is 0.195 e. The van der Waals surface area contributed by atoms with Gasteiger partial charge in [0, 0.05) is 6.20 Å². The van der Waals surface area contributed by atoms with Crippen molar-refractivity contribution in [3.05, 3.63) is 35.7 Å². The summed E-state index contributed by atoms with van der Waals surface area (Å²) in [5, 5.41) is 13.9. The summed E-state index contributed by atoms with van der Waals surface area (Å²) in [6.45, 7) is 5.46. The predicted molar refractivity (Wildman–Crippen MR) is 65.3 cm³/mol. The van der Waals surface area contributed by atoms with E-state index in [1.807, 2.05) is 32.0 Å². The molecule has 0 aliphatic carbocycles. The Balaban J connectivity index is 2.72. The molecular weight excluding hydrogens is 216 g/mol. The maximum absolute atomic E-state index is 12.0. The van der Waals surface area contributed by atoms with E-state index in [0.717, 1.165) is 11.2 Å². The van der Waals surface area contributed by atoms with Crippen LogP contribution in [0.3, 0.4) is 0 Å². The molecule has 17 heavy (non-hydrogen) atoms. The summed E-state index contributed by atoms with van der Waals surface area (Å²) in [6, 6.07) is 5.56. The highest BCUT2D eigenvalue weighted by atomic mass is 16.3. The van der Waals surface area contributed by atoms with Gasteiger partial charge in [0.1, 0.15) is 6.10 Å². The van der Waals surface area contributed by atoms with E-state index in [4.69, 9.17) is 0 Å². The third kappa shape index (κ3) is 1.96. The van der Waals surface area contributed by atoms with Crippen molar-refractivity contribution in [3.63, 3.8) is 0 Å². The van der Waals surface area contributed by atoms with E-state index in [-0.39, 0.29) is 11.7 Å². The number of aliphatic hydroxyl groups is 1. The number of hydrogen-bond donors (Lipinski definition) is 1. The number of nitrogens with zero attached hydrogens (tertiary/aromatic N) is 2. The van der Waals surface area contributed by atoms with Crippen molar-refractivity contribution in [2.24, 2.45) is 0 Å². The topological polar surface area (TPSA) is 54.6 Å². The fourth-order valence-electron chi connectivity index (χ4n) is 1.88. The first-order chi connectivity index (χ1) is 8.02. The molecule has 0 aliphatic heterocycles. The minimum atomic E-state index is -0.999. The first-order valence-corrected chi connectivity index (χ1v) is 5.72. The average molecular weight is 232 g/mol. The van der Waals surface area contributed by atoms with E-state index in [0.29, 0.717) is 5.56 Å². The van der Waals surface area contributed by atoms with Gasteiger partial charge < -0.3 is 5.11 Å². The maximum atomic E-state index is 12.0. The molecule has 0 aromatic carbocycles. The molecule has 0 spiro atoms. The van der Waals surface area contributed by atoms with Crippen LogP contribution in [0.15, 0.2) is 24.4 Å². The summed E-state index contributed by atoms with van der Waals surface area (Å²) < 4.78 is 1.69. The van der Waals surface area contributed by atoms with E-state index in [1.165, 1.54) is 6.92 Å². The number of fused-ring (bicyclic) bond motifs is 1. The van der Waals surface area contributed by atoms with E-state index in [2.05, 4.69) is 5.10 Å². The Morgan fingerprint density at radius 1 is 1.35 bits per heavy atom. The van der Waals surface area contributed by atoms with Gasteiger partial charge in [-0.2, -0.15) is 5.10 Å². The summed E-state index contributed by atoms with van der Waals surface area (Å²) in [7, 11) is 0. The average Bonchev–Trinajstić information content (AvgIpc) is 2.67. The molecule has 90 valence electrons. The zero-order valence-corrected chi connectivity index (χ0v) is 10.2. The van der Waals surface area contributed by atoms with E-state index < -0.39 is 6.10 Å². The second-order valence-electron chi connectivity index (χ2n) is 4.49. The largest absolute Gasteiger partial charge is 0.385 e. The van der Waals surface area contributed by atoms with Gasteiger partial charge in [0.15, 0.2) is 5.78 Å². The van der Waals surface area contributed by atoms with Crippen molar-refractivity contribution in [3.8, 4) is 0 Å². The van der Waals surface area contributed by atoms with Gasteiger partial charge in [-0.25, -0.2) is 4.52 Å². The minimum absolute atomic E-state index is 0.146. The predicted octanol–water partition coefficient (Wildman–Crippen LogP) is 2.02. The van der Waals surface area contributed by atoms with Crippen LogP contribution in [0.2, 0.25) is 0 Å². The molecule has 0 fully saturated rings. The first kappa shape index (κ1) is 11.8. The Labute approximate surface area is 99.9 Å². The van der Waals surface area contributed by atoms with Gasteiger partial charge in [-0.15, -0.1) is 0 Å². The van der Waals surface area contributed by atoms with Gasteiger partial charge in [0.25, 0.3) is 0 Å². The van der Waals surface area contributed by atoms with Crippen LogP contribution < -0.4 is 0 Å². The molecule has 0 amide bonds. The quantitative estimate of drug-likeness (QED) is 0.824. The molecule has 4 nitrogen and oxygen atoms in total. The second-order valence-corrected chi connectivity index (χ2v) is 4.49. The standard InChI is InChI=1S/C13H16N2O2/c1-8(2)12-11(13(17)9(3)16)10-6-4-5-7-15(10)14-12/h4-9,16H,1-3H3. The number of hydrogen-bond acceptors (Lipinski definition) is 3. The Bertz CT molecular complexity index is 556. The smallest absolute Gasteiger partial charge is 0.195 e. The Morgan fingerprint density at radius 3 is 2.65 bits per heavy atom. The van der Waals surface area contributed by atoms with Crippen LogP contribution in [0.25, 0.3) is 5.52 Å². The summed E-state index contributed by atoms with van der Waals surface area (Å²) in [6.07, 6.45) is 0.806. The molecule has 0 bridgehead atoms. The number of aromatic nitrogens is 2. The lowest BCUT2D eigenvalue weighted by atomic mass is 9.99. The van der Waals surface area contributed by atoms with Crippen molar-refractivity contribution >= 4 is 11.3 Å². The molecule has 2 aromatic heterocycles. The Morgan fingerprint density at radius 2 is 2.06 bits per heavy atom. The highest BCUT2D eigenvalue weighted by Gasteiger charge is 2.23. The number of ketones is 1. The number of carbonyl (C=O) groups is 1. The monoisotopic (exact) mass is 232 g/mol. The molecule has 1 atom stereocenters. The number of Topliss-reactive ketones (excluding diaryl/α,β-unsaturated/α-hetero) is 1. The van der Waals surface area contributed by atoms with Crippen molar-refractivity contribution in [2.45, 2.75) is 32.8 Å². The molecule has 1 unspecified atom stereocenters. The molecule has 1 N–H and O–H groups in total. The minimum Gasteiger partial charge on any atom is -0.385 e. The number of rotatable bonds is 3. The third-order valence-corrected chi connectivity index (χ3v) is 2.74. The lowest BCUT2D eigenvalue weighted by Gasteiger charge is -2.06. The van der Waals surface area contributed by atoms with E-state index in [1.54, 1.807) is 10.7 Å². The molecular formula is C13H16N2O2. The van der Waals surface area contributed by atoms with Crippen LogP contribution in [0, 0.1) is 0 Å². The van der Waals surface area contributed by atoms with Gasteiger partial charge in [-0.3, -0.25) is 4.79 Å². The zero-order chi connectivity index (χ0) is 12.6. The van der Waals surface area contributed by atoms with Crippen LogP contribution in [-0.4, -0.2) is 26.6 Å². The van der Waals surface area contributed by atoms with E-state index >= 15 is 0 Å². The fraction of sp³-hybridized carbons (Fsp3) is 0.385. The highest BCUT2D eigenvalue weighted by Crippen LogP contribution is 2.24. The van der Waals surface area contributed by atoms with E-state index in [9.17, 15) is 9.90 Å². The Kier molecular flexibility index (Phi) is 2.98. The Hall–Kier alpha value is -1.68. The van der Waals surface area contributed by atoms with Gasteiger partial charge in [0.05, 0.1) is 16.8 Å². The van der Waals surface area contributed by atoms with Gasteiger partial charge in [0.2, 0.25) is 0 Å². The zero-order valence-electron chi connectivity index (χ0n) is 10.2. The molecule has 4 heteroatoms. The van der Waals surface area contributed by atoms with Crippen molar-refractivity contribution in [2.75, 3.05) is 0 Å². The molecule has 0 saturated heterocycles. The second kappa shape index (κ2) is 4.30. The van der Waals surface area contributed by atoms with Crippen LogP contribution in [0.4, 0.5) is 0 Å². The summed E-state index contributed by atoms with van der Waals surface area (Å²) in [4.78, 5) is 12.0. The van der Waals surface area contributed by atoms with Gasteiger partial charge in [-0.05, 0) is 25.0 Å². The van der Waals surface area contributed by atoms with Crippen molar-refractivity contribution in [1.29, 1.82) is 0 Å². The molecule has 2 rings (SSSR count). The summed E-state index contributed by atoms with van der Waals surface area (Å²) >= 11 is 0. The number of carbonyl (C=O) groups excluding carboxylic acids is 1. The van der Waals surface area contributed by atoms with Gasteiger partial charge >= 0.3 is 0 Å².